The van der Waals surface area contributed by atoms with Gasteiger partial charge in [0.15, 0.2) is 0 Å². The molecule has 16 heavy (non-hydrogen) atoms. The highest BCUT2D eigenvalue weighted by atomic mass is 14.9. The minimum Gasteiger partial charge on any atom is -0.313 e. The van der Waals surface area contributed by atoms with Gasteiger partial charge in [-0.15, -0.1) is 0 Å². The molecule has 1 N–H and O–H groups in total. The predicted octanol–water partition coefficient (Wildman–Crippen LogP) is 3.25. The molecule has 1 aromatic carbocycles. The Labute approximate surface area is 98.3 Å². The molecule has 0 bridgehead atoms. The Morgan fingerprint density at radius 1 is 1.06 bits per heavy atom. The Balaban J connectivity index is 1.75. The third-order valence-corrected chi connectivity index (χ3v) is 3.97. The molecule has 1 aromatic rings. The van der Waals surface area contributed by atoms with Gasteiger partial charge in [0.1, 0.15) is 0 Å². The normalized spacial score (nSPS) is 24.9. The van der Waals surface area contributed by atoms with Crippen LogP contribution < -0.4 is 5.32 Å². The summed E-state index contributed by atoms with van der Waals surface area (Å²) in [5.74, 6) is 0.763. The lowest BCUT2D eigenvalue weighted by Gasteiger charge is -2.18. The fourth-order valence-electron chi connectivity index (χ4n) is 2.83. The van der Waals surface area contributed by atoms with E-state index in [1.54, 1.807) is 11.1 Å². The first-order chi connectivity index (χ1) is 7.93. The van der Waals surface area contributed by atoms with Crippen LogP contribution in [-0.4, -0.2) is 12.6 Å². The molecule has 1 fully saturated rings. The molecule has 1 unspecified atom stereocenters. The highest BCUT2D eigenvalue weighted by Gasteiger charge is 2.24. The van der Waals surface area contributed by atoms with Gasteiger partial charge in [-0.05, 0) is 49.1 Å². The molecule has 2 aliphatic carbocycles. The van der Waals surface area contributed by atoms with E-state index in [0.29, 0.717) is 0 Å². The summed E-state index contributed by atoms with van der Waals surface area (Å²) < 4.78 is 0. The molecular weight excluding hydrogens is 194 g/mol. The van der Waals surface area contributed by atoms with E-state index in [1.165, 1.54) is 45.1 Å². The van der Waals surface area contributed by atoms with Crippen LogP contribution in [0.3, 0.4) is 0 Å². The Morgan fingerprint density at radius 3 is 2.81 bits per heavy atom. The van der Waals surface area contributed by atoms with Gasteiger partial charge in [-0.2, -0.15) is 0 Å². The summed E-state index contributed by atoms with van der Waals surface area (Å²) in [6, 6.07) is 9.91. The number of hydrogen-bond donors (Lipinski definition) is 1. The van der Waals surface area contributed by atoms with Crippen molar-refractivity contribution in [2.45, 2.75) is 50.5 Å². The molecule has 1 nitrogen and oxygen atoms in total. The number of fused-ring (bicyclic) bond motifs is 1. The molecule has 0 aliphatic heterocycles. The summed E-state index contributed by atoms with van der Waals surface area (Å²) in [6.07, 6.45) is 8.22. The number of aryl methyl sites for hydroxylation is 1. The maximum Gasteiger partial charge on any atom is 0.00684 e. The summed E-state index contributed by atoms with van der Waals surface area (Å²) in [4.78, 5) is 0. The molecular formula is C15H21N. The van der Waals surface area contributed by atoms with Crippen molar-refractivity contribution in [2.24, 2.45) is 0 Å². The molecule has 0 heterocycles. The molecule has 1 saturated carbocycles. The second kappa shape index (κ2) is 4.58. The lowest BCUT2D eigenvalue weighted by Crippen LogP contribution is -2.23. The zero-order valence-electron chi connectivity index (χ0n) is 9.91. The van der Waals surface area contributed by atoms with Crippen molar-refractivity contribution in [3.8, 4) is 0 Å². The average Bonchev–Trinajstić information content (AvgIpc) is 3.13. The number of hydrogen-bond acceptors (Lipinski definition) is 1. The van der Waals surface area contributed by atoms with E-state index < -0.39 is 0 Å². The molecule has 2 aliphatic rings. The van der Waals surface area contributed by atoms with Gasteiger partial charge in [0.25, 0.3) is 0 Å². The lowest BCUT2D eigenvalue weighted by molar-refractivity contribution is 0.536. The minimum absolute atomic E-state index is 0.763. The van der Waals surface area contributed by atoms with E-state index in [2.05, 4.69) is 29.6 Å². The van der Waals surface area contributed by atoms with Gasteiger partial charge in [-0.25, -0.2) is 0 Å². The first kappa shape index (κ1) is 10.3. The zero-order chi connectivity index (χ0) is 10.8. The third kappa shape index (κ3) is 2.30. The molecule has 3 rings (SSSR count). The van der Waals surface area contributed by atoms with Crippen LogP contribution in [0.5, 0.6) is 0 Å². The van der Waals surface area contributed by atoms with Crippen molar-refractivity contribution in [3.05, 3.63) is 35.4 Å². The predicted molar refractivity (Wildman–Crippen MR) is 67.8 cm³/mol. The van der Waals surface area contributed by atoms with Gasteiger partial charge in [-0.3, -0.25) is 0 Å². The van der Waals surface area contributed by atoms with Crippen molar-refractivity contribution in [1.82, 2.24) is 5.32 Å². The Hall–Kier alpha value is -0.820. The Morgan fingerprint density at radius 2 is 1.94 bits per heavy atom. The summed E-state index contributed by atoms with van der Waals surface area (Å²) in [7, 11) is 0. The van der Waals surface area contributed by atoms with Crippen molar-refractivity contribution in [2.75, 3.05) is 6.54 Å². The van der Waals surface area contributed by atoms with Crippen LogP contribution in [0.25, 0.3) is 0 Å². The highest BCUT2D eigenvalue weighted by molar-refractivity contribution is 5.31. The number of benzene rings is 1. The van der Waals surface area contributed by atoms with Gasteiger partial charge in [0.2, 0.25) is 0 Å². The molecule has 0 amide bonds. The smallest absolute Gasteiger partial charge is 0.00684 e. The maximum absolute atomic E-state index is 3.69. The second-order valence-electron chi connectivity index (χ2n) is 5.32. The van der Waals surface area contributed by atoms with Gasteiger partial charge in [-0.1, -0.05) is 30.7 Å². The first-order valence-electron chi connectivity index (χ1n) is 6.74. The minimum atomic E-state index is 0.763. The molecule has 86 valence electrons. The van der Waals surface area contributed by atoms with Crippen molar-refractivity contribution in [1.29, 1.82) is 0 Å². The van der Waals surface area contributed by atoms with Crippen LogP contribution in [0.1, 0.15) is 49.1 Å². The van der Waals surface area contributed by atoms with E-state index in [0.717, 1.165) is 12.0 Å². The topological polar surface area (TPSA) is 12.0 Å². The number of rotatable bonds is 3. The maximum atomic E-state index is 3.69. The quantitative estimate of drug-likeness (QED) is 0.763. The third-order valence-electron chi connectivity index (χ3n) is 3.97. The van der Waals surface area contributed by atoms with E-state index in [9.17, 15) is 0 Å². The summed E-state index contributed by atoms with van der Waals surface area (Å²) in [6.45, 7) is 1.20. The lowest BCUT2D eigenvalue weighted by atomic mass is 9.92. The van der Waals surface area contributed by atoms with Crippen LogP contribution in [0.4, 0.5) is 0 Å². The fourth-order valence-corrected chi connectivity index (χ4v) is 2.83. The van der Waals surface area contributed by atoms with Gasteiger partial charge < -0.3 is 5.32 Å². The molecule has 0 saturated heterocycles. The van der Waals surface area contributed by atoms with E-state index in [4.69, 9.17) is 0 Å². The van der Waals surface area contributed by atoms with Crippen molar-refractivity contribution in [3.63, 3.8) is 0 Å². The summed E-state index contributed by atoms with van der Waals surface area (Å²) in [5.41, 5.74) is 3.22. The summed E-state index contributed by atoms with van der Waals surface area (Å²) >= 11 is 0. The Kier molecular flexibility index (Phi) is 2.96. The van der Waals surface area contributed by atoms with Gasteiger partial charge >= 0.3 is 0 Å². The SMILES string of the molecule is c1ccc2c(c1)CCCCC2CNC1CC1. The van der Waals surface area contributed by atoms with Gasteiger partial charge in [0, 0.05) is 12.6 Å². The van der Waals surface area contributed by atoms with Crippen LogP contribution in [0.2, 0.25) is 0 Å². The van der Waals surface area contributed by atoms with Crippen molar-refractivity contribution >= 4 is 0 Å². The van der Waals surface area contributed by atoms with Crippen LogP contribution in [0, 0.1) is 0 Å². The van der Waals surface area contributed by atoms with Crippen LogP contribution in [0.15, 0.2) is 24.3 Å². The molecule has 1 atom stereocenters. The summed E-state index contributed by atoms with van der Waals surface area (Å²) in [5, 5.41) is 3.69. The molecule has 0 aromatic heterocycles. The van der Waals surface area contributed by atoms with Crippen molar-refractivity contribution < 1.29 is 0 Å². The highest BCUT2D eigenvalue weighted by Crippen LogP contribution is 2.30. The largest absolute Gasteiger partial charge is 0.313 e. The van der Waals surface area contributed by atoms with Crippen LogP contribution >= 0.6 is 0 Å². The molecule has 0 spiro atoms. The van der Waals surface area contributed by atoms with E-state index >= 15 is 0 Å². The van der Waals surface area contributed by atoms with E-state index in [1.807, 2.05) is 0 Å². The Bertz CT molecular complexity index is 354. The standard InChI is InChI=1S/C15H21N/c1-2-7-13(11-16-14-9-10-14)15-8-4-3-6-12(15)5-1/h3-4,6,8,13-14,16H,1-2,5,7,9-11H2. The average molecular weight is 215 g/mol. The fraction of sp³-hybridized carbons (Fsp3) is 0.600. The van der Waals surface area contributed by atoms with E-state index in [-0.39, 0.29) is 0 Å². The number of nitrogens with one attached hydrogen (secondary N) is 1. The monoisotopic (exact) mass is 215 g/mol. The second-order valence-corrected chi connectivity index (χ2v) is 5.32. The zero-order valence-corrected chi connectivity index (χ0v) is 9.91. The van der Waals surface area contributed by atoms with Gasteiger partial charge in [0.05, 0.1) is 0 Å². The van der Waals surface area contributed by atoms with Crippen LogP contribution in [-0.2, 0) is 6.42 Å². The molecule has 1 heteroatoms. The molecule has 0 radical (unpaired) electrons. The first-order valence-corrected chi connectivity index (χ1v) is 6.74.